The fourth-order valence-electron chi connectivity index (χ4n) is 3.04. The van der Waals surface area contributed by atoms with Gasteiger partial charge in [-0.3, -0.25) is 0 Å². The first kappa shape index (κ1) is 14.6. The molecule has 2 aliphatic heterocycles. The smallest absolute Gasteiger partial charge is 0.0235 e. The van der Waals surface area contributed by atoms with E-state index < -0.39 is 0 Å². The molecule has 2 heterocycles. The van der Waals surface area contributed by atoms with Crippen molar-refractivity contribution in [1.29, 1.82) is 0 Å². The Labute approximate surface area is 117 Å². The van der Waals surface area contributed by atoms with E-state index in [0.29, 0.717) is 0 Å². The van der Waals surface area contributed by atoms with Crippen LogP contribution in [-0.2, 0) is 0 Å². The maximum atomic E-state index is 5.74. The fraction of sp³-hybridized carbons (Fsp3) is 1.00. The summed E-state index contributed by atoms with van der Waals surface area (Å²) in [5, 5.41) is 0. The molecule has 0 N–H and O–H groups in total. The molecule has 0 amide bonds. The van der Waals surface area contributed by atoms with Crippen molar-refractivity contribution in [2.24, 2.45) is 0 Å². The van der Waals surface area contributed by atoms with Crippen molar-refractivity contribution in [3.05, 3.63) is 0 Å². The van der Waals surface area contributed by atoms with Gasteiger partial charge in [0.25, 0.3) is 0 Å². The fourth-order valence-corrected chi connectivity index (χ4v) is 3.16. The Kier molecular flexibility index (Phi) is 6.77. The van der Waals surface area contributed by atoms with Crippen LogP contribution < -0.4 is 0 Å². The number of halogens is 1. The third-order valence-corrected chi connectivity index (χ3v) is 4.49. The molecule has 4 heteroatoms. The van der Waals surface area contributed by atoms with E-state index in [1.54, 1.807) is 0 Å². The van der Waals surface area contributed by atoms with E-state index >= 15 is 0 Å². The van der Waals surface area contributed by atoms with Crippen molar-refractivity contribution in [1.82, 2.24) is 14.7 Å². The van der Waals surface area contributed by atoms with Gasteiger partial charge in [0.1, 0.15) is 0 Å². The SMILES string of the molecule is ClCCCN1CCN(CCCN2CCCC2)CC1. The molecule has 0 aromatic heterocycles. The summed E-state index contributed by atoms with van der Waals surface area (Å²) < 4.78 is 0. The van der Waals surface area contributed by atoms with Gasteiger partial charge in [-0.2, -0.15) is 0 Å². The highest BCUT2D eigenvalue weighted by atomic mass is 35.5. The second kappa shape index (κ2) is 8.36. The highest BCUT2D eigenvalue weighted by Gasteiger charge is 2.16. The van der Waals surface area contributed by atoms with Crippen molar-refractivity contribution in [2.45, 2.75) is 25.7 Å². The van der Waals surface area contributed by atoms with Gasteiger partial charge in [0, 0.05) is 32.1 Å². The second-order valence-corrected chi connectivity index (χ2v) is 6.01. The average Bonchev–Trinajstić information content (AvgIpc) is 2.91. The van der Waals surface area contributed by atoms with E-state index in [2.05, 4.69) is 14.7 Å². The first-order valence-corrected chi connectivity index (χ1v) is 8.15. The highest BCUT2D eigenvalue weighted by Crippen LogP contribution is 2.09. The van der Waals surface area contributed by atoms with Crippen LogP contribution in [0.4, 0.5) is 0 Å². The van der Waals surface area contributed by atoms with Crippen LogP contribution in [0.1, 0.15) is 25.7 Å². The number of alkyl halides is 1. The molecule has 0 aliphatic carbocycles. The Morgan fingerprint density at radius 2 is 1.06 bits per heavy atom. The maximum absolute atomic E-state index is 5.74. The quantitative estimate of drug-likeness (QED) is 0.654. The Hall–Kier alpha value is 0.170. The number of rotatable bonds is 7. The van der Waals surface area contributed by atoms with Gasteiger partial charge in [-0.05, 0) is 58.4 Å². The molecule has 2 aliphatic rings. The standard InChI is InChI=1S/C14H28ClN3/c15-5-3-8-17-11-13-18(14-12-17)10-4-9-16-6-1-2-7-16/h1-14H2. The lowest BCUT2D eigenvalue weighted by atomic mass is 10.2. The molecule has 0 atom stereocenters. The van der Waals surface area contributed by atoms with Crippen LogP contribution in [0.2, 0.25) is 0 Å². The van der Waals surface area contributed by atoms with Gasteiger partial charge < -0.3 is 14.7 Å². The predicted octanol–water partition coefficient (Wildman–Crippen LogP) is 1.72. The zero-order chi connectivity index (χ0) is 12.6. The van der Waals surface area contributed by atoms with Crippen LogP contribution >= 0.6 is 11.6 Å². The molecule has 106 valence electrons. The summed E-state index contributed by atoms with van der Waals surface area (Å²) >= 11 is 5.74. The van der Waals surface area contributed by atoms with Gasteiger partial charge in [-0.15, -0.1) is 11.6 Å². The Bertz CT molecular complexity index is 211. The summed E-state index contributed by atoms with van der Waals surface area (Å²) in [5.41, 5.74) is 0. The van der Waals surface area contributed by atoms with Gasteiger partial charge >= 0.3 is 0 Å². The second-order valence-electron chi connectivity index (χ2n) is 5.63. The first-order chi connectivity index (χ1) is 8.88. The van der Waals surface area contributed by atoms with Crippen molar-refractivity contribution in [3.63, 3.8) is 0 Å². The molecule has 0 bridgehead atoms. The van der Waals surface area contributed by atoms with Gasteiger partial charge in [-0.1, -0.05) is 0 Å². The molecule has 0 spiro atoms. The van der Waals surface area contributed by atoms with Crippen LogP contribution in [0.5, 0.6) is 0 Å². The lowest BCUT2D eigenvalue weighted by Gasteiger charge is -2.34. The van der Waals surface area contributed by atoms with E-state index in [-0.39, 0.29) is 0 Å². The van der Waals surface area contributed by atoms with E-state index in [9.17, 15) is 0 Å². The number of piperazine rings is 1. The number of hydrogen-bond acceptors (Lipinski definition) is 3. The van der Waals surface area contributed by atoms with E-state index in [1.807, 2.05) is 0 Å². The number of likely N-dealkylation sites (tertiary alicyclic amines) is 1. The van der Waals surface area contributed by atoms with E-state index in [4.69, 9.17) is 11.6 Å². The molecule has 2 fully saturated rings. The zero-order valence-electron chi connectivity index (χ0n) is 11.6. The minimum atomic E-state index is 0.802. The summed E-state index contributed by atoms with van der Waals surface area (Å²) in [4.78, 5) is 7.81. The molecule has 2 saturated heterocycles. The van der Waals surface area contributed by atoms with Crippen molar-refractivity contribution >= 4 is 11.6 Å². The monoisotopic (exact) mass is 273 g/mol. The largest absolute Gasteiger partial charge is 0.303 e. The Morgan fingerprint density at radius 3 is 1.56 bits per heavy atom. The number of hydrogen-bond donors (Lipinski definition) is 0. The van der Waals surface area contributed by atoms with Crippen molar-refractivity contribution in [3.8, 4) is 0 Å². The van der Waals surface area contributed by atoms with Crippen molar-refractivity contribution in [2.75, 3.05) is 64.8 Å². The van der Waals surface area contributed by atoms with E-state index in [0.717, 1.165) is 12.3 Å². The molecule has 0 unspecified atom stereocenters. The van der Waals surface area contributed by atoms with Gasteiger partial charge in [-0.25, -0.2) is 0 Å². The lowest BCUT2D eigenvalue weighted by Crippen LogP contribution is -2.47. The van der Waals surface area contributed by atoms with Crippen LogP contribution in [0.15, 0.2) is 0 Å². The topological polar surface area (TPSA) is 9.72 Å². The molecule has 0 aromatic rings. The summed E-state index contributed by atoms with van der Waals surface area (Å²) in [7, 11) is 0. The van der Waals surface area contributed by atoms with Crippen LogP contribution in [0, 0.1) is 0 Å². The van der Waals surface area contributed by atoms with Gasteiger partial charge in [0.15, 0.2) is 0 Å². The number of nitrogens with zero attached hydrogens (tertiary/aromatic N) is 3. The third kappa shape index (κ3) is 5.04. The Morgan fingerprint density at radius 1 is 0.611 bits per heavy atom. The normalized spacial score (nSPS) is 23.8. The molecule has 2 rings (SSSR count). The van der Waals surface area contributed by atoms with Crippen LogP contribution in [-0.4, -0.2) is 79.5 Å². The molecular weight excluding hydrogens is 246 g/mol. The zero-order valence-corrected chi connectivity index (χ0v) is 12.4. The minimum absolute atomic E-state index is 0.802. The third-order valence-electron chi connectivity index (χ3n) is 4.22. The molecule has 3 nitrogen and oxygen atoms in total. The molecule has 0 aromatic carbocycles. The predicted molar refractivity (Wildman–Crippen MR) is 78.5 cm³/mol. The summed E-state index contributed by atoms with van der Waals surface area (Å²) in [6.45, 7) is 11.4. The van der Waals surface area contributed by atoms with Gasteiger partial charge in [0.05, 0.1) is 0 Å². The highest BCUT2D eigenvalue weighted by molar-refractivity contribution is 6.17. The molecule has 18 heavy (non-hydrogen) atoms. The summed E-state index contributed by atoms with van der Waals surface area (Å²) in [5.74, 6) is 0.802. The summed E-state index contributed by atoms with van der Waals surface area (Å²) in [6, 6.07) is 0. The maximum Gasteiger partial charge on any atom is 0.0235 e. The Balaban J connectivity index is 1.50. The molecule has 0 radical (unpaired) electrons. The van der Waals surface area contributed by atoms with Crippen LogP contribution in [0.25, 0.3) is 0 Å². The van der Waals surface area contributed by atoms with Gasteiger partial charge in [0.2, 0.25) is 0 Å². The minimum Gasteiger partial charge on any atom is -0.303 e. The van der Waals surface area contributed by atoms with Crippen molar-refractivity contribution < 1.29 is 0 Å². The first-order valence-electron chi connectivity index (χ1n) is 7.61. The average molecular weight is 274 g/mol. The van der Waals surface area contributed by atoms with Crippen LogP contribution in [0.3, 0.4) is 0 Å². The molecular formula is C14H28ClN3. The summed E-state index contributed by atoms with van der Waals surface area (Å²) in [6.07, 6.45) is 5.32. The van der Waals surface area contributed by atoms with E-state index in [1.165, 1.54) is 78.2 Å². The molecule has 0 saturated carbocycles. The lowest BCUT2D eigenvalue weighted by molar-refractivity contribution is 0.128.